The molecule has 0 aliphatic heterocycles. The average molecular weight is 103 g/mol. The minimum absolute atomic E-state index is 0.595. The van der Waals surface area contributed by atoms with Gasteiger partial charge in [0.1, 0.15) is 12.0 Å². The van der Waals surface area contributed by atoms with Gasteiger partial charge in [0, 0.05) is 0 Å². The Morgan fingerprint density at radius 2 is 2.67 bits per heavy atom. The van der Waals surface area contributed by atoms with Gasteiger partial charge in [0.2, 0.25) is 0 Å². The summed E-state index contributed by atoms with van der Waals surface area (Å²) < 4.78 is 4.54. The fourth-order valence-electron chi connectivity index (χ4n) is 0.0853. The summed E-state index contributed by atoms with van der Waals surface area (Å²) in [5.41, 5.74) is 0. The van der Waals surface area contributed by atoms with E-state index in [9.17, 15) is 0 Å². The molecule has 0 saturated heterocycles. The van der Waals surface area contributed by atoms with Crippen molar-refractivity contribution in [3.8, 4) is 5.40 Å². The highest BCUT2D eigenvalue weighted by atomic mass is 32.2. The van der Waals surface area contributed by atoms with Gasteiger partial charge in [-0.1, -0.05) is 0 Å². The third kappa shape index (κ3) is 3.80. The number of hydrogen-bond donors (Lipinski definition) is 0. The van der Waals surface area contributed by atoms with E-state index in [0.29, 0.717) is 6.61 Å². The van der Waals surface area contributed by atoms with Gasteiger partial charge in [-0.25, -0.2) is 0 Å². The molecule has 0 rings (SSSR count). The van der Waals surface area contributed by atoms with Crippen LogP contribution in [0.1, 0.15) is 6.92 Å². The van der Waals surface area contributed by atoms with Gasteiger partial charge in [0.25, 0.3) is 0 Å². The first kappa shape index (κ1) is 5.80. The fourth-order valence-corrected chi connectivity index (χ4v) is 0.256. The van der Waals surface area contributed by atoms with Crippen LogP contribution in [-0.4, -0.2) is 6.61 Å². The molecule has 0 aliphatic rings. The van der Waals surface area contributed by atoms with E-state index >= 15 is 0 Å². The van der Waals surface area contributed by atoms with Crippen molar-refractivity contribution in [3.63, 3.8) is 0 Å². The van der Waals surface area contributed by atoms with E-state index < -0.39 is 0 Å². The molecule has 0 fully saturated rings. The average Bonchev–Trinajstić information content (AvgIpc) is 1.61. The van der Waals surface area contributed by atoms with Crippen LogP contribution >= 0.6 is 12.0 Å². The van der Waals surface area contributed by atoms with Crippen LogP contribution in [0.4, 0.5) is 0 Å². The Bertz CT molecular complexity index is 58.3. The van der Waals surface area contributed by atoms with E-state index in [2.05, 4.69) is 4.18 Å². The predicted molar refractivity (Wildman–Crippen MR) is 24.8 cm³/mol. The molecule has 0 saturated carbocycles. The van der Waals surface area contributed by atoms with Crippen LogP contribution in [-0.2, 0) is 4.18 Å². The normalized spacial score (nSPS) is 7.33. The summed E-state index contributed by atoms with van der Waals surface area (Å²) in [5.74, 6) is 0. The molecule has 0 aromatic rings. The van der Waals surface area contributed by atoms with Gasteiger partial charge in [0.15, 0.2) is 5.40 Å². The zero-order valence-electron chi connectivity index (χ0n) is 3.47. The summed E-state index contributed by atoms with van der Waals surface area (Å²) in [4.78, 5) is 0. The number of rotatable bonds is 2. The van der Waals surface area contributed by atoms with Crippen LogP contribution in [0.25, 0.3) is 0 Å². The number of nitrogens with zero attached hydrogens (tertiary/aromatic N) is 1. The van der Waals surface area contributed by atoms with Crippen molar-refractivity contribution in [2.75, 3.05) is 6.61 Å². The van der Waals surface area contributed by atoms with Gasteiger partial charge in [-0.15, -0.1) is 0 Å². The minimum Gasteiger partial charge on any atom is -0.302 e. The van der Waals surface area contributed by atoms with Crippen LogP contribution in [0.15, 0.2) is 0 Å². The van der Waals surface area contributed by atoms with E-state index in [1.165, 1.54) is 0 Å². The lowest BCUT2D eigenvalue weighted by Gasteiger charge is -1.81. The first-order chi connectivity index (χ1) is 2.91. The highest BCUT2D eigenvalue weighted by Crippen LogP contribution is 1.94. The zero-order chi connectivity index (χ0) is 4.83. The molecule has 0 atom stereocenters. The summed E-state index contributed by atoms with van der Waals surface area (Å²) in [6.45, 7) is 2.43. The van der Waals surface area contributed by atoms with Crippen molar-refractivity contribution >= 4 is 12.0 Å². The Morgan fingerprint density at radius 1 is 2.00 bits per heavy atom. The lowest BCUT2D eigenvalue weighted by Crippen LogP contribution is -1.70. The van der Waals surface area contributed by atoms with E-state index in [4.69, 9.17) is 5.26 Å². The smallest absolute Gasteiger partial charge is 0.163 e. The van der Waals surface area contributed by atoms with Crippen molar-refractivity contribution in [3.05, 3.63) is 0 Å². The van der Waals surface area contributed by atoms with Gasteiger partial charge in [-0.05, 0) is 6.92 Å². The first-order valence-electron chi connectivity index (χ1n) is 1.59. The second-order valence-corrected chi connectivity index (χ2v) is 1.17. The quantitative estimate of drug-likeness (QED) is 0.298. The fraction of sp³-hybridized carbons (Fsp3) is 0.667. The standard InChI is InChI=1S/C3H5NOS/c1-2-5-6-3-4/h2H2,1H3. The molecule has 2 nitrogen and oxygen atoms in total. The van der Waals surface area contributed by atoms with Crippen molar-refractivity contribution in [2.45, 2.75) is 6.92 Å². The second-order valence-electron chi connectivity index (χ2n) is 0.581. The Hall–Kier alpha value is -0.200. The van der Waals surface area contributed by atoms with Gasteiger partial charge in [-0.2, -0.15) is 5.26 Å². The summed E-state index contributed by atoms with van der Waals surface area (Å²) in [6.07, 6.45) is 0. The maximum atomic E-state index is 7.79. The first-order valence-corrected chi connectivity index (χ1v) is 2.33. The molecule has 3 heteroatoms. The van der Waals surface area contributed by atoms with E-state index in [1.807, 2.05) is 6.92 Å². The topological polar surface area (TPSA) is 33.0 Å². The molecular weight excluding hydrogens is 98.1 g/mol. The van der Waals surface area contributed by atoms with Crippen molar-refractivity contribution < 1.29 is 4.18 Å². The Balaban J connectivity index is 2.54. The predicted octanol–water partition coefficient (Wildman–Crippen LogP) is 1.15. The lowest BCUT2D eigenvalue weighted by atomic mass is 10.9. The molecule has 0 amide bonds. The third-order valence-electron chi connectivity index (χ3n) is 0.214. The third-order valence-corrected chi connectivity index (χ3v) is 0.642. The van der Waals surface area contributed by atoms with Gasteiger partial charge in [-0.3, -0.25) is 0 Å². The van der Waals surface area contributed by atoms with Crippen LogP contribution in [0, 0.1) is 10.7 Å². The molecule has 0 heterocycles. The summed E-state index contributed by atoms with van der Waals surface area (Å²) in [5, 5.41) is 9.55. The molecule has 34 valence electrons. The van der Waals surface area contributed by atoms with Crippen molar-refractivity contribution in [2.24, 2.45) is 0 Å². The Morgan fingerprint density at radius 3 is 2.83 bits per heavy atom. The van der Waals surface area contributed by atoms with Crippen LogP contribution in [0.5, 0.6) is 0 Å². The molecule has 0 aromatic heterocycles. The largest absolute Gasteiger partial charge is 0.302 e. The second kappa shape index (κ2) is 4.80. The van der Waals surface area contributed by atoms with Crippen molar-refractivity contribution in [1.29, 1.82) is 5.26 Å². The molecule has 6 heavy (non-hydrogen) atoms. The summed E-state index contributed by atoms with van der Waals surface area (Å²) in [6, 6.07) is 0. The summed E-state index contributed by atoms with van der Waals surface area (Å²) in [7, 11) is 0. The Labute approximate surface area is 41.3 Å². The monoisotopic (exact) mass is 103 g/mol. The SMILES string of the molecule is CCOSC#N. The zero-order valence-corrected chi connectivity index (χ0v) is 4.29. The number of nitriles is 1. The lowest BCUT2D eigenvalue weighted by molar-refractivity contribution is 0.406. The molecule has 0 aromatic carbocycles. The molecule has 0 aliphatic carbocycles. The molecule has 0 unspecified atom stereocenters. The Kier molecular flexibility index (Phi) is 4.64. The van der Waals surface area contributed by atoms with Crippen LogP contribution in [0.3, 0.4) is 0 Å². The molecule has 0 N–H and O–H groups in total. The van der Waals surface area contributed by atoms with Crippen LogP contribution < -0.4 is 0 Å². The number of thiocyanates is 1. The van der Waals surface area contributed by atoms with E-state index in [1.54, 1.807) is 5.40 Å². The molecule has 0 bridgehead atoms. The maximum absolute atomic E-state index is 7.79. The number of hydrogen-bond acceptors (Lipinski definition) is 3. The highest BCUT2D eigenvalue weighted by molar-refractivity contribution is 7.99. The van der Waals surface area contributed by atoms with Crippen LogP contribution in [0.2, 0.25) is 0 Å². The molecular formula is C3H5NOS. The highest BCUT2D eigenvalue weighted by Gasteiger charge is 1.73. The molecule has 0 spiro atoms. The summed E-state index contributed by atoms with van der Waals surface area (Å²) >= 11 is 0.814. The van der Waals surface area contributed by atoms with Crippen molar-refractivity contribution in [1.82, 2.24) is 0 Å². The van der Waals surface area contributed by atoms with Gasteiger partial charge in [0.05, 0.1) is 6.61 Å². The maximum Gasteiger partial charge on any atom is 0.163 e. The van der Waals surface area contributed by atoms with Gasteiger partial charge < -0.3 is 4.18 Å². The van der Waals surface area contributed by atoms with E-state index in [-0.39, 0.29) is 0 Å². The van der Waals surface area contributed by atoms with Gasteiger partial charge >= 0.3 is 0 Å². The minimum atomic E-state index is 0.595. The molecule has 0 radical (unpaired) electrons. The van der Waals surface area contributed by atoms with E-state index in [0.717, 1.165) is 12.0 Å².